The molecule has 4 nitrogen and oxygen atoms in total. The predicted octanol–water partition coefficient (Wildman–Crippen LogP) is 1.20. The Hall–Kier alpha value is -0.940. The fraction of sp³-hybridized carbons (Fsp3) is 0.636. The minimum Gasteiger partial charge on any atom is -0.337 e. The molecule has 16 heavy (non-hydrogen) atoms. The van der Waals surface area contributed by atoms with Gasteiger partial charge in [0.1, 0.15) is 5.69 Å². The summed E-state index contributed by atoms with van der Waals surface area (Å²) < 4.78 is 0. The van der Waals surface area contributed by atoms with E-state index in [1.807, 2.05) is 4.90 Å². The Bertz CT molecular complexity index is 352. The Balaban J connectivity index is 2.03. The van der Waals surface area contributed by atoms with Gasteiger partial charge in [0, 0.05) is 18.5 Å². The van der Waals surface area contributed by atoms with Crippen molar-refractivity contribution in [2.75, 3.05) is 19.6 Å². The third kappa shape index (κ3) is 2.25. The maximum atomic E-state index is 12.1. The third-order valence-corrected chi connectivity index (χ3v) is 3.94. The van der Waals surface area contributed by atoms with Gasteiger partial charge in [-0.2, -0.15) is 0 Å². The highest BCUT2D eigenvalue weighted by atomic mass is 32.1. The first-order valence-electron chi connectivity index (χ1n) is 5.60. The minimum absolute atomic E-state index is 0.0478. The van der Waals surface area contributed by atoms with E-state index in [-0.39, 0.29) is 5.91 Å². The summed E-state index contributed by atoms with van der Waals surface area (Å²) in [5.74, 6) is 1.09. The molecule has 1 fully saturated rings. The molecule has 1 aromatic heterocycles. The first-order chi connectivity index (χ1) is 7.72. The van der Waals surface area contributed by atoms with Crippen LogP contribution in [0.25, 0.3) is 0 Å². The molecular formula is C11H17N3OS. The summed E-state index contributed by atoms with van der Waals surface area (Å²) in [6.45, 7) is 4.46. The van der Waals surface area contributed by atoms with Gasteiger partial charge >= 0.3 is 0 Å². The Morgan fingerprint density at radius 3 is 3.19 bits per heavy atom. The van der Waals surface area contributed by atoms with Crippen LogP contribution in [0.2, 0.25) is 0 Å². The number of likely N-dealkylation sites (tertiary alicyclic amines) is 1. The van der Waals surface area contributed by atoms with Crippen molar-refractivity contribution >= 4 is 17.2 Å². The number of hydrogen-bond donors (Lipinski definition) is 1. The summed E-state index contributed by atoms with van der Waals surface area (Å²) in [7, 11) is 0. The Labute approximate surface area is 99.5 Å². The molecule has 1 aromatic rings. The average Bonchev–Trinajstić information content (AvgIpc) is 2.82. The molecule has 0 aromatic carbocycles. The van der Waals surface area contributed by atoms with Crippen LogP contribution in [0.4, 0.5) is 0 Å². The predicted molar refractivity (Wildman–Crippen MR) is 64.3 cm³/mol. The number of piperidine rings is 1. The van der Waals surface area contributed by atoms with E-state index in [1.54, 1.807) is 10.9 Å². The molecule has 0 bridgehead atoms. The smallest absolute Gasteiger partial charge is 0.273 e. The van der Waals surface area contributed by atoms with Crippen LogP contribution in [0.5, 0.6) is 0 Å². The first kappa shape index (κ1) is 11.5. The van der Waals surface area contributed by atoms with Gasteiger partial charge in [-0.05, 0) is 24.8 Å². The number of carbonyl (C=O) groups excluding carboxylic acids is 1. The zero-order valence-electron chi connectivity index (χ0n) is 9.43. The summed E-state index contributed by atoms with van der Waals surface area (Å²) in [4.78, 5) is 18.0. The summed E-state index contributed by atoms with van der Waals surface area (Å²) >= 11 is 1.46. The van der Waals surface area contributed by atoms with Crippen molar-refractivity contribution in [2.24, 2.45) is 17.6 Å². The molecule has 2 rings (SSSR count). The van der Waals surface area contributed by atoms with Crippen molar-refractivity contribution in [1.82, 2.24) is 9.88 Å². The van der Waals surface area contributed by atoms with E-state index in [9.17, 15) is 4.79 Å². The lowest BCUT2D eigenvalue weighted by Crippen LogP contribution is -2.45. The molecule has 2 atom stereocenters. The van der Waals surface area contributed by atoms with Crippen LogP contribution in [-0.4, -0.2) is 35.4 Å². The highest BCUT2D eigenvalue weighted by molar-refractivity contribution is 7.07. The van der Waals surface area contributed by atoms with Gasteiger partial charge in [-0.25, -0.2) is 4.98 Å². The maximum Gasteiger partial charge on any atom is 0.273 e. The molecule has 5 heteroatoms. The van der Waals surface area contributed by atoms with Crippen LogP contribution in [0, 0.1) is 11.8 Å². The molecule has 2 unspecified atom stereocenters. The van der Waals surface area contributed by atoms with Crippen LogP contribution in [0.1, 0.15) is 23.8 Å². The fourth-order valence-electron chi connectivity index (χ4n) is 2.12. The molecule has 1 saturated heterocycles. The van der Waals surface area contributed by atoms with Crippen LogP contribution >= 0.6 is 11.3 Å². The van der Waals surface area contributed by atoms with Crippen molar-refractivity contribution < 1.29 is 4.79 Å². The normalized spacial score (nSPS) is 25.8. The third-order valence-electron chi connectivity index (χ3n) is 3.36. The van der Waals surface area contributed by atoms with E-state index >= 15 is 0 Å². The molecule has 2 heterocycles. The van der Waals surface area contributed by atoms with Crippen LogP contribution in [0.15, 0.2) is 10.9 Å². The number of thiazole rings is 1. The second kappa shape index (κ2) is 4.93. The highest BCUT2D eigenvalue weighted by Crippen LogP contribution is 2.23. The number of rotatable bonds is 2. The molecule has 1 aliphatic heterocycles. The molecule has 0 saturated carbocycles. The lowest BCUT2D eigenvalue weighted by Gasteiger charge is -2.36. The molecule has 2 N–H and O–H groups in total. The van der Waals surface area contributed by atoms with E-state index in [0.29, 0.717) is 24.1 Å². The number of amides is 1. The van der Waals surface area contributed by atoms with Gasteiger partial charge < -0.3 is 10.6 Å². The van der Waals surface area contributed by atoms with Crippen molar-refractivity contribution in [3.05, 3.63) is 16.6 Å². The van der Waals surface area contributed by atoms with Gasteiger partial charge in [0.2, 0.25) is 0 Å². The quantitative estimate of drug-likeness (QED) is 0.843. The van der Waals surface area contributed by atoms with Crippen molar-refractivity contribution in [1.29, 1.82) is 0 Å². The van der Waals surface area contributed by atoms with E-state index in [0.717, 1.165) is 19.5 Å². The van der Waals surface area contributed by atoms with Crippen molar-refractivity contribution in [3.63, 3.8) is 0 Å². The number of nitrogens with two attached hydrogens (primary N) is 1. The first-order valence-corrected chi connectivity index (χ1v) is 6.54. The van der Waals surface area contributed by atoms with E-state index in [4.69, 9.17) is 5.73 Å². The molecule has 1 amide bonds. The number of carbonyl (C=O) groups is 1. The minimum atomic E-state index is 0.0478. The topological polar surface area (TPSA) is 59.2 Å². The average molecular weight is 239 g/mol. The molecule has 1 aliphatic rings. The van der Waals surface area contributed by atoms with Crippen molar-refractivity contribution in [3.8, 4) is 0 Å². The van der Waals surface area contributed by atoms with Gasteiger partial charge in [-0.3, -0.25) is 4.79 Å². The number of aromatic nitrogens is 1. The fourth-order valence-corrected chi connectivity index (χ4v) is 2.65. The van der Waals surface area contributed by atoms with Gasteiger partial charge in [0.25, 0.3) is 5.91 Å². The second-order valence-corrected chi connectivity index (χ2v) is 5.11. The van der Waals surface area contributed by atoms with Crippen LogP contribution in [-0.2, 0) is 0 Å². The standard InChI is InChI=1S/C11H17N3OS/c1-8-2-3-14(5-9(8)4-12)11(15)10-6-16-7-13-10/h6-9H,2-5,12H2,1H3. The van der Waals surface area contributed by atoms with E-state index < -0.39 is 0 Å². The summed E-state index contributed by atoms with van der Waals surface area (Å²) in [6.07, 6.45) is 1.04. The van der Waals surface area contributed by atoms with Crippen molar-refractivity contribution in [2.45, 2.75) is 13.3 Å². The van der Waals surface area contributed by atoms with Crippen LogP contribution in [0.3, 0.4) is 0 Å². The van der Waals surface area contributed by atoms with Crippen LogP contribution < -0.4 is 5.73 Å². The molecule has 0 spiro atoms. The summed E-state index contributed by atoms with van der Waals surface area (Å²) in [6, 6.07) is 0. The largest absolute Gasteiger partial charge is 0.337 e. The lowest BCUT2D eigenvalue weighted by atomic mass is 9.87. The zero-order chi connectivity index (χ0) is 11.5. The summed E-state index contributed by atoms with van der Waals surface area (Å²) in [5, 5.41) is 1.80. The maximum absolute atomic E-state index is 12.1. The zero-order valence-corrected chi connectivity index (χ0v) is 10.2. The van der Waals surface area contributed by atoms with Gasteiger partial charge in [0.05, 0.1) is 5.51 Å². The number of nitrogens with zero attached hydrogens (tertiary/aromatic N) is 2. The Morgan fingerprint density at radius 1 is 1.75 bits per heavy atom. The van der Waals surface area contributed by atoms with E-state index in [1.165, 1.54) is 11.3 Å². The van der Waals surface area contributed by atoms with Gasteiger partial charge in [-0.15, -0.1) is 11.3 Å². The molecule has 0 radical (unpaired) electrons. The lowest BCUT2D eigenvalue weighted by molar-refractivity contribution is 0.0613. The Morgan fingerprint density at radius 2 is 2.56 bits per heavy atom. The number of hydrogen-bond acceptors (Lipinski definition) is 4. The van der Waals surface area contributed by atoms with Gasteiger partial charge in [-0.1, -0.05) is 6.92 Å². The SMILES string of the molecule is CC1CCN(C(=O)c2cscn2)CC1CN. The highest BCUT2D eigenvalue weighted by Gasteiger charge is 2.28. The molecule has 88 valence electrons. The molecule has 0 aliphatic carbocycles. The second-order valence-electron chi connectivity index (χ2n) is 4.39. The monoisotopic (exact) mass is 239 g/mol. The van der Waals surface area contributed by atoms with Gasteiger partial charge in [0.15, 0.2) is 0 Å². The van der Waals surface area contributed by atoms with E-state index in [2.05, 4.69) is 11.9 Å². The molecular weight excluding hydrogens is 222 g/mol. The Kier molecular flexibility index (Phi) is 3.56. The summed E-state index contributed by atoms with van der Waals surface area (Å²) in [5.41, 5.74) is 7.98.